The smallest absolute Gasteiger partial charge is 0.254 e. The summed E-state index contributed by atoms with van der Waals surface area (Å²) in [6.45, 7) is 4.22. The lowest BCUT2D eigenvalue weighted by molar-refractivity contribution is 0.0743. The maximum absolute atomic E-state index is 12.3. The molecule has 0 bridgehead atoms. The van der Waals surface area contributed by atoms with Crippen molar-refractivity contribution in [3.8, 4) is 0 Å². The minimum atomic E-state index is -0.151. The van der Waals surface area contributed by atoms with Crippen molar-refractivity contribution >= 4 is 16.9 Å². The molecule has 2 rings (SSSR count). The molecule has 0 saturated heterocycles. The Bertz CT molecular complexity index is 598. The van der Waals surface area contributed by atoms with Crippen molar-refractivity contribution in [1.82, 2.24) is 14.9 Å². The molecule has 0 aliphatic carbocycles. The van der Waals surface area contributed by atoms with Gasteiger partial charge in [0.15, 0.2) is 0 Å². The fourth-order valence-corrected chi connectivity index (χ4v) is 1.83. The molecule has 5 nitrogen and oxygen atoms in total. The van der Waals surface area contributed by atoms with Crippen LogP contribution in [-0.2, 0) is 0 Å². The zero-order valence-electron chi connectivity index (χ0n) is 10.5. The van der Waals surface area contributed by atoms with Gasteiger partial charge in [-0.2, -0.15) is 0 Å². The summed E-state index contributed by atoms with van der Waals surface area (Å²) in [7, 11) is 0. The van der Waals surface area contributed by atoms with Crippen LogP contribution in [0.25, 0.3) is 11.0 Å². The molecule has 98 valence electrons. The van der Waals surface area contributed by atoms with Gasteiger partial charge in [0.2, 0.25) is 0 Å². The van der Waals surface area contributed by atoms with Gasteiger partial charge in [0, 0.05) is 31.0 Å². The highest BCUT2D eigenvalue weighted by Gasteiger charge is 2.14. The number of nitrogens with zero attached hydrogens (tertiary/aromatic N) is 3. The van der Waals surface area contributed by atoms with Crippen molar-refractivity contribution < 1.29 is 9.90 Å². The van der Waals surface area contributed by atoms with E-state index in [1.165, 1.54) is 4.90 Å². The van der Waals surface area contributed by atoms with Gasteiger partial charge in [-0.15, -0.1) is 6.58 Å². The number of rotatable bonds is 5. The van der Waals surface area contributed by atoms with Crippen molar-refractivity contribution in [2.24, 2.45) is 0 Å². The van der Waals surface area contributed by atoms with Gasteiger partial charge in [-0.3, -0.25) is 14.8 Å². The first-order chi connectivity index (χ1) is 9.26. The fourth-order valence-electron chi connectivity index (χ4n) is 1.83. The molecule has 0 aliphatic rings. The Kier molecular flexibility index (Phi) is 4.20. The summed E-state index contributed by atoms with van der Waals surface area (Å²) in [5.74, 6) is -0.151. The van der Waals surface area contributed by atoms with E-state index in [9.17, 15) is 4.79 Å². The van der Waals surface area contributed by atoms with E-state index < -0.39 is 0 Å². The molecule has 1 N–H and O–H groups in total. The molecule has 0 spiro atoms. The molecule has 0 radical (unpaired) electrons. The van der Waals surface area contributed by atoms with Gasteiger partial charge in [-0.1, -0.05) is 6.08 Å². The molecule has 1 amide bonds. The molecule has 0 atom stereocenters. The first-order valence-corrected chi connectivity index (χ1v) is 5.98. The number of hydrogen-bond donors (Lipinski definition) is 1. The zero-order chi connectivity index (χ0) is 13.7. The van der Waals surface area contributed by atoms with Crippen molar-refractivity contribution in [2.45, 2.75) is 0 Å². The molecule has 5 heteroatoms. The number of hydrogen-bond acceptors (Lipinski definition) is 4. The first kappa shape index (κ1) is 13.2. The quantitative estimate of drug-likeness (QED) is 0.819. The highest BCUT2D eigenvalue weighted by Crippen LogP contribution is 2.13. The van der Waals surface area contributed by atoms with Crippen LogP contribution in [0.2, 0.25) is 0 Å². The first-order valence-electron chi connectivity index (χ1n) is 5.98. The molecular formula is C14H15N3O2. The van der Waals surface area contributed by atoms with Crippen LogP contribution < -0.4 is 0 Å². The predicted octanol–water partition coefficient (Wildman–Crippen LogP) is 1.25. The lowest BCUT2D eigenvalue weighted by Crippen LogP contribution is -2.33. The van der Waals surface area contributed by atoms with Crippen LogP contribution in [0.3, 0.4) is 0 Å². The monoisotopic (exact) mass is 257 g/mol. The topological polar surface area (TPSA) is 66.3 Å². The van der Waals surface area contributed by atoms with Gasteiger partial charge in [0.05, 0.1) is 17.6 Å². The Balaban J connectivity index is 2.31. The van der Waals surface area contributed by atoms with Crippen LogP contribution in [-0.4, -0.2) is 45.6 Å². The van der Waals surface area contributed by atoms with Crippen molar-refractivity contribution in [2.75, 3.05) is 19.7 Å². The summed E-state index contributed by atoms with van der Waals surface area (Å²) in [6.07, 6.45) is 4.83. The Labute approximate surface area is 111 Å². The minimum Gasteiger partial charge on any atom is -0.395 e. The highest BCUT2D eigenvalue weighted by atomic mass is 16.3. The molecule has 0 saturated carbocycles. The number of carbonyl (C=O) groups is 1. The summed E-state index contributed by atoms with van der Waals surface area (Å²) in [5, 5.41) is 8.98. The zero-order valence-corrected chi connectivity index (χ0v) is 10.5. The van der Waals surface area contributed by atoms with E-state index in [-0.39, 0.29) is 19.1 Å². The summed E-state index contributed by atoms with van der Waals surface area (Å²) < 4.78 is 0. The maximum Gasteiger partial charge on any atom is 0.254 e. The van der Waals surface area contributed by atoms with Crippen molar-refractivity contribution in [3.05, 3.63) is 48.8 Å². The van der Waals surface area contributed by atoms with Gasteiger partial charge < -0.3 is 10.0 Å². The second-order valence-electron chi connectivity index (χ2n) is 4.02. The summed E-state index contributed by atoms with van der Waals surface area (Å²) in [5.41, 5.74) is 1.95. The standard InChI is InChI=1S/C14H15N3O2/c1-2-7-17(8-9-18)14(19)11-3-4-12-13(10-11)16-6-5-15-12/h2-6,10,18H,1,7-9H2. The van der Waals surface area contributed by atoms with E-state index in [0.29, 0.717) is 17.6 Å². The van der Waals surface area contributed by atoms with E-state index in [0.717, 1.165) is 5.52 Å². The minimum absolute atomic E-state index is 0.0764. The Morgan fingerprint density at radius 1 is 1.32 bits per heavy atom. The number of amides is 1. The van der Waals surface area contributed by atoms with Crippen LogP contribution in [0.5, 0.6) is 0 Å². The lowest BCUT2D eigenvalue weighted by Gasteiger charge is -2.20. The molecule has 2 aromatic rings. The second-order valence-corrected chi connectivity index (χ2v) is 4.02. The fraction of sp³-hybridized carbons (Fsp3) is 0.214. The van der Waals surface area contributed by atoms with Gasteiger partial charge in [-0.25, -0.2) is 0 Å². The largest absolute Gasteiger partial charge is 0.395 e. The third-order valence-electron chi connectivity index (χ3n) is 2.72. The van der Waals surface area contributed by atoms with Gasteiger partial charge in [0.1, 0.15) is 0 Å². The number of benzene rings is 1. The van der Waals surface area contributed by atoms with Crippen molar-refractivity contribution in [3.63, 3.8) is 0 Å². The summed E-state index contributed by atoms with van der Waals surface area (Å²) in [4.78, 5) is 22.1. The van der Waals surface area contributed by atoms with E-state index in [4.69, 9.17) is 5.11 Å². The van der Waals surface area contributed by atoms with E-state index >= 15 is 0 Å². The van der Waals surface area contributed by atoms with Crippen LogP contribution in [0.1, 0.15) is 10.4 Å². The molecule has 0 fully saturated rings. The SMILES string of the molecule is C=CCN(CCO)C(=O)c1ccc2nccnc2c1. The number of aromatic nitrogens is 2. The Morgan fingerprint density at radius 2 is 2.05 bits per heavy atom. The third-order valence-corrected chi connectivity index (χ3v) is 2.72. The Hall–Kier alpha value is -2.27. The van der Waals surface area contributed by atoms with Crippen molar-refractivity contribution in [1.29, 1.82) is 0 Å². The molecule has 19 heavy (non-hydrogen) atoms. The molecule has 1 aromatic carbocycles. The molecule has 0 unspecified atom stereocenters. The normalized spacial score (nSPS) is 10.4. The predicted molar refractivity (Wildman–Crippen MR) is 72.7 cm³/mol. The van der Waals surface area contributed by atoms with Crippen LogP contribution >= 0.6 is 0 Å². The van der Waals surface area contributed by atoms with E-state index in [1.807, 2.05) is 0 Å². The average molecular weight is 257 g/mol. The van der Waals surface area contributed by atoms with Crippen LogP contribution in [0.15, 0.2) is 43.2 Å². The highest BCUT2D eigenvalue weighted by molar-refractivity contribution is 5.97. The lowest BCUT2D eigenvalue weighted by atomic mass is 10.1. The number of aliphatic hydroxyl groups is 1. The molecule has 1 aromatic heterocycles. The summed E-state index contributed by atoms with van der Waals surface area (Å²) in [6, 6.07) is 5.19. The number of aliphatic hydroxyl groups excluding tert-OH is 1. The summed E-state index contributed by atoms with van der Waals surface area (Å²) >= 11 is 0. The average Bonchev–Trinajstić information content (AvgIpc) is 2.46. The Morgan fingerprint density at radius 3 is 2.74 bits per heavy atom. The second kappa shape index (κ2) is 6.06. The van der Waals surface area contributed by atoms with Crippen LogP contribution in [0.4, 0.5) is 0 Å². The van der Waals surface area contributed by atoms with Gasteiger partial charge in [0.25, 0.3) is 5.91 Å². The molecular weight excluding hydrogens is 242 g/mol. The van der Waals surface area contributed by atoms with Gasteiger partial charge in [-0.05, 0) is 18.2 Å². The maximum atomic E-state index is 12.3. The van der Waals surface area contributed by atoms with E-state index in [1.54, 1.807) is 36.7 Å². The molecule has 0 aliphatic heterocycles. The molecule has 1 heterocycles. The third kappa shape index (κ3) is 2.95. The number of fused-ring (bicyclic) bond motifs is 1. The van der Waals surface area contributed by atoms with Gasteiger partial charge >= 0.3 is 0 Å². The van der Waals surface area contributed by atoms with E-state index in [2.05, 4.69) is 16.5 Å². The van der Waals surface area contributed by atoms with Crippen LogP contribution in [0, 0.1) is 0 Å². The number of carbonyl (C=O) groups excluding carboxylic acids is 1.